The molecule has 3 atom stereocenters. The van der Waals surface area contributed by atoms with Crippen molar-refractivity contribution in [3.63, 3.8) is 0 Å². The number of benzene rings is 1. The summed E-state index contributed by atoms with van der Waals surface area (Å²) >= 11 is 7.39. The Balaban J connectivity index is 1.37. The molecule has 1 amide bonds. The standard InChI is InChI=1S/C17H18ClN3O2S/c18-12-3-1-11(2-4-12)16-7-21-6-13(5-14(21)8-23-16)20-17(22)15-9-24-10-19-15/h1-4,9-10,13-14,16H,5-8H2,(H,20,22)/t13-,14+,16-/m1/s1. The third-order valence-corrected chi connectivity index (χ3v) is 5.50. The first-order chi connectivity index (χ1) is 11.7. The van der Waals surface area contributed by atoms with Crippen molar-refractivity contribution in [2.45, 2.75) is 24.6 Å². The van der Waals surface area contributed by atoms with E-state index in [9.17, 15) is 4.79 Å². The molecule has 1 N–H and O–H groups in total. The number of fused-ring (bicyclic) bond motifs is 1. The summed E-state index contributed by atoms with van der Waals surface area (Å²) < 4.78 is 6.04. The number of thiazole rings is 1. The second kappa shape index (κ2) is 6.80. The van der Waals surface area contributed by atoms with Gasteiger partial charge in [-0.2, -0.15) is 0 Å². The van der Waals surface area contributed by atoms with Crippen LogP contribution < -0.4 is 5.32 Å². The van der Waals surface area contributed by atoms with Gasteiger partial charge in [0.25, 0.3) is 5.91 Å². The van der Waals surface area contributed by atoms with Gasteiger partial charge < -0.3 is 10.1 Å². The maximum Gasteiger partial charge on any atom is 0.271 e. The van der Waals surface area contributed by atoms with Gasteiger partial charge in [0.15, 0.2) is 0 Å². The first kappa shape index (κ1) is 16.0. The van der Waals surface area contributed by atoms with E-state index >= 15 is 0 Å². The van der Waals surface area contributed by atoms with Crippen molar-refractivity contribution in [3.8, 4) is 0 Å². The molecule has 0 spiro atoms. The molecule has 2 aliphatic rings. The van der Waals surface area contributed by atoms with Gasteiger partial charge in [-0.3, -0.25) is 9.69 Å². The van der Waals surface area contributed by atoms with Crippen molar-refractivity contribution in [3.05, 3.63) is 51.4 Å². The van der Waals surface area contributed by atoms with Crippen molar-refractivity contribution < 1.29 is 9.53 Å². The quantitative estimate of drug-likeness (QED) is 0.911. The highest BCUT2D eigenvalue weighted by molar-refractivity contribution is 7.07. The Labute approximate surface area is 149 Å². The Kier molecular flexibility index (Phi) is 4.54. The average molecular weight is 364 g/mol. The third kappa shape index (κ3) is 3.32. The predicted molar refractivity (Wildman–Crippen MR) is 93.5 cm³/mol. The number of nitrogens with zero attached hydrogens (tertiary/aromatic N) is 2. The van der Waals surface area contributed by atoms with Crippen LogP contribution in [-0.2, 0) is 4.74 Å². The van der Waals surface area contributed by atoms with Gasteiger partial charge in [0, 0.05) is 35.6 Å². The lowest BCUT2D eigenvalue weighted by Gasteiger charge is -2.35. The van der Waals surface area contributed by atoms with Crippen LogP contribution in [0.5, 0.6) is 0 Å². The highest BCUT2D eigenvalue weighted by Crippen LogP contribution is 2.30. The zero-order chi connectivity index (χ0) is 16.5. The SMILES string of the molecule is O=C(N[C@@H]1C[C@H]2CO[C@@H](c3ccc(Cl)cc3)CN2C1)c1cscn1. The zero-order valence-electron chi connectivity index (χ0n) is 13.0. The molecule has 4 rings (SSSR count). The third-order valence-electron chi connectivity index (χ3n) is 4.66. The van der Waals surface area contributed by atoms with Gasteiger partial charge >= 0.3 is 0 Å². The van der Waals surface area contributed by atoms with Crippen LogP contribution in [0.15, 0.2) is 35.2 Å². The normalized spacial score (nSPS) is 27.0. The fourth-order valence-corrected chi connectivity index (χ4v) is 4.10. The lowest BCUT2D eigenvalue weighted by molar-refractivity contribution is -0.0502. The molecule has 1 aromatic heterocycles. The van der Waals surface area contributed by atoms with E-state index in [1.165, 1.54) is 11.3 Å². The number of ether oxygens (including phenoxy) is 1. The van der Waals surface area contributed by atoms with Crippen molar-refractivity contribution in [1.82, 2.24) is 15.2 Å². The first-order valence-corrected chi connectivity index (χ1v) is 9.31. The number of aromatic nitrogens is 1. The molecular formula is C17H18ClN3O2S. The van der Waals surface area contributed by atoms with Crippen LogP contribution in [-0.4, -0.2) is 47.6 Å². The highest BCUT2D eigenvalue weighted by atomic mass is 35.5. The molecule has 0 saturated carbocycles. The number of hydrogen-bond acceptors (Lipinski definition) is 5. The molecule has 0 aliphatic carbocycles. The lowest BCUT2D eigenvalue weighted by Crippen LogP contribution is -2.43. The molecule has 2 fully saturated rings. The molecular weight excluding hydrogens is 346 g/mol. The summed E-state index contributed by atoms with van der Waals surface area (Å²) in [4.78, 5) is 18.6. The summed E-state index contributed by atoms with van der Waals surface area (Å²) in [6.07, 6.45) is 0.981. The molecule has 0 bridgehead atoms. The number of amides is 1. The molecule has 7 heteroatoms. The van der Waals surface area contributed by atoms with Gasteiger partial charge in [-0.25, -0.2) is 4.98 Å². The van der Waals surface area contributed by atoms with E-state index in [2.05, 4.69) is 15.2 Å². The maximum absolute atomic E-state index is 12.2. The van der Waals surface area contributed by atoms with E-state index < -0.39 is 0 Å². The summed E-state index contributed by atoms with van der Waals surface area (Å²) in [7, 11) is 0. The van der Waals surface area contributed by atoms with Crippen molar-refractivity contribution in [2.75, 3.05) is 19.7 Å². The minimum atomic E-state index is -0.0868. The lowest BCUT2D eigenvalue weighted by atomic mass is 10.1. The second-order valence-corrected chi connectivity index (χ2v) is 7.42. The van der Waals surface area contributed by atoms with E-state index in [-0.39, 0.29) is 18.1 Å². The van der Waals surface area contributed by atoms with E-state index in [1.54, 1.807) is 10.9 Å². The van der Waals surface area contributed by atoms with Gasteiger partial charge in [-0.1, -0.05) is 23.7 Å². The van der Waals surface area contributed by atoms with Gasteiger partial charge in [0.05, 0.1) is 18.2 Å². The minimum absolute atomic E-state index is 0.0616. The van der Waals surface area contributed by atoms with Crippen molar-refractivity contribution in [1.29, 1.82) is 0 Å². The van der Waals surface area contributed by atoms with E-state index in [0.717, 1.165) is 30.1 Å². The number of rotatable bonds is 3. The molecule has 0 unspecified atom stereocenters. The number of hydrogen-bond donors (Lipinski definition) is 1. The zero-order valence-corrected chi connectivity index (χ0v) is 14.6. The van der Waals surface area contributed by atoms with Gasteiger partial charge in [0.2, 0.25) is 0 Å². The smallest absolute Gasteiger partial charge is 0.271 e. The van der Waals surface area contributed by atoms with Crippen molar-refractivity contribution in [2.24, 2.45) is 0 Å². The molecule has 24 heavy (non-hydrogen) atoms. The Hall–Kier alpha value is -1.47. The molecule has 1 aromatic carbocycles. The van der Waals surface area contributed by atoms with E-state index in [1.807, 2.05) is 24.3 Å². The van der Waals surface area contributed by atoms with Gasteiger partial charge in [-0.05, 0) is 24.1 Å². The largest absolute Gasteiger partial charge is 0.371 e. The molecule has 3 heterocycles. The van der Waals surface area contributed by atoms with E-state index in [4.69, 9.17) is 16.3 Å². The Morgan fingerprint density at radius 3 is 2.92 bits per heavy atom. The fourth-order valence-electron chi connectivity index (χ4n) is 3.44. The summed E-state index contributed by atoms with van der Waals surface area (Å²) in [6.45, 7) is 2.39. The number of nitrogens with one attached hydrogen (secondary N) is 1. The second-order valence-electron chi connectivity index (χ2n) is 6.26. The van der Waals surface area contributed by atoms with Gasteiger partial charge in [-0.15, -0.1) is 11.3 Å². The number of halogens is 1. The summed E-state index contributed by atoms with van der Waals surface area (Å²) in [5.41, 5.74) is 3.32. The van der Waals surface area contributed by atoms with Gasteiger partial charge in [0.1, 0.15) is 5.69 Å². The van der Waals surface area contributed by atoms with Crippen LogP contribution in [0.4, 0.5) is 0 Å². The highest BCUT2D eigenvalue weighted by Gasteiger charge is 2.38. The summed E-state index contributed by atoms with van der Waals surface area (Å²) in [6, 6.07) is 8.35. The average Bonchev–Trinajstić information content (AvgIpc) is 3.24. The predicted octanol–water partition coefficient (Wildman–Crippen LogP) is 2.74. The molecule has 5 nitrogen and oxygen atoms in total. The number of carbonyl (C=O) groups is 1. The van der Waals surface area contributed by atoms with E-state index in [0.29, 0.717) is 18.3 Å². The molecule has 2 saturated heterocycles. The topological polar surface area (TPSA) is 54.5 Å². The summed E-state index contributed by atoms with van der Waals surface area (Å²) in [5.74, 6) is -0.0868. The summed E-state index contributed by atoms with van der Waals surface area (Å²) in [5, 5.41) is 5.60. The Morgan fingerprint density at radius 1 is 1.33 bits per heavy atom. The maximum atomic E-state index is 12.2. The number of morpholine rings is 1. The van der Waals surface area contributed by atoms with Crippen LogP contribution in [0.2, 0.25) is 5.02 Å². The Morgan fingerprint density at radius 2 is 2.17 bits per heavy atom. The van der Waals surface area contributed by atoms with Crippen LogP contribution >= 0.6 is 22.9 Å². The molecule has 2 aromatic rings. The number of carbonyl (C=O) groups excluding carboxylic acids is 1. The monoisotopic (exact) mass is 363 g/mol. The van der Waals surface area contributed by atoms with Crippen LogP contribution in [0.3, 0.4) is 0 Å². The Bertz CT molecular complexity index is 707. The first-order valence-electron chi connectivity index (χ1n) is 7.99. The van der Waals surface area contributed by atoms with Crippen LogP contribution in [0.1, 0.15) is 28.6 Å². The minimum Gasteiger partial charge on any atom is -0.371 e. The van der Waals surface area contributed by atoms with Crippen LogP contribution in [0.25, 0.3) is 0 Å². The molecule has 126 valence electrons. The molecule has 2 aliphatic heterocycles. The molecule has 0 radical (unpaired) electrons. The van der Waals surface area contributed by atoms with Crippen molar-refractivity contribution >= 4 is 28.8 Å². The van der Waals surface area contributed by atoms with Crippen LogP contribution in [0, 0.1) is 0 Å². The fraction of sp³-hybridized carbons (Fsp3) is 0.412.